The summed E-state index contributed by atoms with van der Waals surface area (Å²) in [5.41, 5.74) is 7.44. The van der Waals surface area contributed by atoms with E-state index < -0.39 is 0 Å². The summed E-state index contributed by atoms with van der Waals surface area (Å²) in [7, 11) is 2.04. The van der Waals surface area contributed by atoms with Crippen molar-refractivity contribution >= 4 is 27.5 Å². The van der Waals surface area contributed by atoms with Gasteiger partial charge in [-0.05, 0) is 48.3 Å². The van der Waals surface area contributed by atoms with Crippen molar-refractivity contribution in [3.8, 4) is 0 Å². The molecule has 1 aromatic rings. The fourth-order valence-electron chi connectivity index (χ4n) is 1.62. The largest absolute Gasteiger partial charge is 0.384 e. The van der Waals surface area contributed by atoms with Gasteiger partial charge in [-0.1, -0.05) is 13.0 Å². The number of nitrogens with zero attached hydrogens (tertiary/aromatic N) is 1. The topological polar surface area (TPSA) is 53.1 Å². The Bertz CT molecular complexity index is 427. The number of nitrogens with two attached hydrogens (primary N) is 1. The molecular weight excluding hydrogens is 278 g/mol. The number of anilines is 1. The molecule has 0 bridgehead atoms. The van der Waals surface area contributed by atoms with Gasteiger partial charge in [0.2, 0.25) is 0 Å². The number of hydrogen-bond donors (Lipinski definition) is 2. The van der Waals surface area contributed by atoms with Crippen molar-refractivity contribution in [2.45, 2.75) is 32.7 Å². The first-order valence-electron chi connectivity index (χ1n) is 5.68. The minimum Gasteiger partial charge on any atom is -0.384 e. The van der Waals surface area contributed by atoms with Gasteiger partial charge >= 0.3 is 0 Å². The summed E-state index contributed by atoms with van der Waals surface area (Å²) in [5.74, 6) is 0.0891. The Kier molecular flexibility index (Phi) is 4.20. The first-order valence-corrected chi connectivity index (χ1v) is 6.47. The molecule has 0 spiro atoms. The van der Waals surface area contributed by atoms with Crippen LogP contribution in [0, 0.1) is 5.41 Å². The molecule has 0 aliphatic heterocycles. The highest BCUT2D eigenvalue weighted by Gasteiger charge is 2.24. The van der Waals surface area contributed by atoms with Crippen molar-refractivity contribution in [1.82, 2.24) is 0 Å². The molecule has 1 aromatic carbocycles. The average molecular weight is 298 g/mol. The van der Waals surface area contributed by atoms with Crippen molar-refractivity contribution in [2.24, 2.45) is 5.73 Å². The molecule has 17 heavy (non-hydrogen) atoms. The van der Waals surface area contributed by atoms with Crippen LogP contribution >= 0.6 is 15.9 Å². The van der Waals surface area contributed by atoms with Gasteiger partial charge < -0.3 is 10.6 Å². The van der Waals surface area contributed by atoms with Crippen molar-refractivity contribution in [3.63, 3.8) is 0 Å². The van der Waals surface area contributed by atoms with Crippen molar-refractivity contribution in [2.75, 3.05) is 11.9 Å². The van der Waals surface area contributed by atoms with Gasteiger partial charge in [-0.25, -0.2) is 0 Å². The van der Waals surface area contributed by atoms with Crippen LogP contribution in [0.4, 0.5) is 5.69 Å². The number of nitrogen functional groups attached to an aromatic ring is 1. The van der Waals surface area contributed by atoms with Gasteiger partial charge in [0.1, 0.15) is 5.84 Å². The first-order chi connectivity index (χ1) is 7.81. The molecule has 1 rings (SSSR count). The van der Waals surface area contributed by atoms with Crippen LogP contribution in [0.15, 0.2) is 22.7 Å². The standard InChI is InChI=1S/C13H20BrN3/c1-5-13(2,3)17(4)10-8-6-7-9(14)11(10)12(15)16/h6-8H,5H2,1-4H3,(H3,15,16). The zero-order chi connectivity index (χ0) is 13.2. The maximum atomic E-state index is 7.69. The normalized spacial score (nSPS) is 11.4. The Morgan fingerprint density at radius 2 is 2.06 bits per heavy atom. The minimum atomic E-state index is 0.0327. The summed E-state index contributed by atoms with van der Waals surface area (Å²) < 4.78 is 0.862. The zero-order valence-corrected chi connectivity index (χ0v) is 12.4. The van der Waals surface area contributed by atoms with Crippen molar-refractivity contribution in [1.29, 1.82) is 5.41 Å². The number of rotatable bonds is 4. The van der Waals surface area contributed by atoms with Crippen LogP contribution in [0.25, 0.3) is 0 Å². The summed E-state index contributed by atoms with van der Waals surface area (Å²) in [6.07, 6.45) is 1.02. The van der Waals surface area contributed by atoms with E-state index in [1.165, 1.54) is 0 Å². The number of amidine groups is 1. The van der Waals surface area contributed by atoms with Gasteiger partial charge in [0, 0.05) is 22.7 Å². The number of benzene rings is 1. The van der Waals surface area contributed by atoms with Crippen LogP contribution in [-0.2, 0) is 0 Å². The van der Waals surface area contributed by atoms with Gasteiger partial charge in [-0.15, -0.1) is 0 Å². The molecule has 3 nitrogen and oxygen atoms in total. The average Bonchev–Trinajstić information content (AvgIpc) is 2.27. The highest BCUT2D eigenvalue weighted by atomic mass is 79.9. The van der Waals surface area contributed by atoms with E-state index in [9.17, 15) is 0 Å². The minimum absolute atomic E-state index is 0.0327. The SMILES string of the molecule is CCC(C)(C)N(C)c1cccc(Br)c1C(=N)N. The van der Waals surface area contributed by atoms with Crippen LogP contribution in [-0.4, -0.2) is 18.4 Å². The predicted octanol–water partition coefficient (Wildman–Crippen LogP) is 3.36. The highest BCUT2D eigenvalue weighted by molar-refractivity contribution is 9.10. The van der Waals surface area contributed by atoms with E-state index in [4.69, 9.17) is 11.1 Å². The molecule has 0 aliphatic carbocycles. The summed E-state index contributed by atoms with van der Waals surface area (Å²) in [6, 6.07) is 5.88. The molecule has 0 heterocycles. The van der Waals surface area contributed by atoms with Gasteiger partial charge in [0.05, 0.1) is 5.56 Å². The zero-order valence-electron chi connectivity index (χ0n) is 10.8. The Hall–Kier alpha value is -1.03. The molecule has 0 fully saturated rings. The van der Waals surface area contributed by atoms with E-state index >= 15 is 0 Å². The lowest BCUT2D eigenvalue weighted by molar-refractivity contribution is 0.470. The molecule has 0 aliphatic rings. The van der Waals surface area contributed by atoms with E-state index in [-0.39, 0.29) is 11.4 Å². The quantitative estimate of drug-likeness (QED) is 0.661. The fraction of sp³-hybridized carbons (Fsp3) is 0.462. The van der Waals surface area contributed by atoms with E-state index in [1.54, 1.807) is 0 Å². The third-order valence-electron chi connectivity index (χ3n) is 3.40. The molecule has 3 N–H and O–H groups in total. The third-order valence-corrected chi connectivity index (χ3v) is 4.06. The first kappa shape index (κ1) is 14.0. The Labute approximate surface area is 112 Å². The molecule has 0 atom stereocenters. The second-order valence-corrected chi connectivity index (χ2v) is 5.63. The molecule has 4 heteroatoms. The molecular formula is C13H20BrN3. The second-order valence-electron chi connectivity index (χ2n) is 4.77. The van der Waals surface area contributed by atoms with Crippen LogP contribution in [0.2, 0.25) is 0 Å². The monoisotopic (exact) mass is 297 g/mol. The number of halogens is 1. The smallest absolute Gasteiger partial charge is 0.126 e. The van der Waals surface area contributed by atoms with Crippen LogP contribution in [0.5, 0.6) is 0 Å². The molecule has 0 radical (unpaired) electrons. The van der Waals surface area contributed by atoms with E-state index in [0.29, 0.717) is 0 Å². The molecule has 0 aromatic heterocycles. The highest BCUT2D eigenvalue weighted by Crippen LogP contribution is 2.31. The maximum absolute atomic E-state index is 7.69. The van der Waals surface area contributed by atoms with Crippen molar-refractivity contribution in [3.05, 3.63) is 28.2 Å². The summed E-state index contributed by atoms with van der Waals surface area (Å²) in [4.78, 5) is 2.18. The van der Waals surface area contributed by atoms with Crippen LogP contribution in [0.1, 0.15) is 32.8 Å². The molecule has 94 valence electrons. The van der Waals surface area contributed by atoms with Gasteiger partial charge in [0.15, 0.2) is 0 Å². The fourth-order valence-corrected chi connectivity index (χ4v) is 2.19. The van der Waals surface area contributed by atoms with E-state index in [1.807, 2.05) is 25.2 Å². The molecule has 0 saturated carbocycles. The Morgan fingerprint density at radius 1 is 1.47 bits per heavy atom. The Balaban J connectivity index is 3.32. The third kappa shape index (κ3) is 2.80. The second kappa shape index (κ2) is 5.08. The van der Waals surface area contributed by atoms with Gasteiger partial charge in [-0.3, -0.25) is 5.41 Å². The molecule has 0 amide bonds. The summed E-state index contributed by atoms with van der Waals surface area (Å²) in [5, 5.41) is 7.69. The lowest BCUT2D eigenvalue weighted by Crippen LogP contribution is -2.41. The van der Waals surface area contributed by atoms with E-state index in [0.717, 1.165) is 22.1 Å². The molecule has 0 saturated heterocycles. The molecule has 0 unspecified atom stereocenters. The summed E-state index contributed by atoms with van der Waals surface area (Å²) in [6.45, 7) is 6.51. The number of nitrogens with one attached hydrogen (secondary N) is 1. The summed E-state index contributed by atoms with van der Waals surface area (Å²) >= 11 is 3.46. The van der Waals surface area contributed by atoms with Gasteiger partial charge in [0.25, 0.3) is 0 Å². The predicted molar refractivity (Wildman–Crippen MR) is 77.9 cm³/mol. The van der Waals surface area contributed by atoms with Crippen molar-refractivity contribution < 1.29 is 0 Å². The maximum Gasteiger partial charge on any atom is 0.126 e. The van der Waals surface area contributed by atoms with Crippen LogP contribution < -0.4 is 10.6 Å². The van der Waals surface area contributed by atoms with Crippen LogP contribution in [0.3, 0.4) is 0 Å². The Morgan fingerprint density at radius 3 is 2.53 bits per heavy atom. The van der Waals surface area contributed by atoms with E-state index in [2.05, 4.69) is 41.6 Å². The number of hydrogen-bond acceptors (Lipinski definition) is 2. The lowest BCUT2D eigenvalue weighted by Gasteiger charge is -2.38. The van der Waals surface area contributed by atoms with Gasteiger partial charge in [-0.2, -0.15) is 0 Å². The lowest BCUT2D eigenvalue weighted by atomic mass is 9.98.